The molecule has 3 rings (SSSR count). The van der Waals surface area contributed by atoms with Gasteiger partial charge in [-0.2, -0.15) is 0 Å². The summed E-state index contributed by atoms with van der Waals surface area (Å²) in [5, 5.41) is 7.30. The lowest BCUT2D eigenvalue weighted by Gasteiger charge is -2.24. The fourth-order valence-electron chi connectivity index (χ4n) is 1.84. The number of nitrogens with zero attached hydrogens (tertiary/aromatic N) is 3. The van der Waals surface area contributed by atoms with Crippen molar-refractivity contribution < 1.29 is 9.26 Å². The lowest BCUT2D eigenvalue weighted by Crippen LogP contribution is -2.34. The van der Waals surface area contributed by atoms with Gasteiger partial charge in [0.05, 0.1) is 12.6 Å². The van der Waals surface area contributed by atoms with Gasteiger partial charge < -0.3 is 14.6 Å². The highest BCUT2D eigenvalue weighted by Crippen LogP contribution is 2.29. The SMILES string of the molecule is CCOc1nccnc1-c1cc([C@@H]2CCN2)on1. The molecule has 3 heterocycles. The van der Waals surface area contributed by atoms with Crippen LogP contribution in [0.3, 0.4) is 0 Å². The fraction of sp³-hybridized carbons (Fsp3) is 0.417. The smallest absolute Gasteiger partial charge is 0.242 e. The van der Waals surface area contributed by atoms with Crippen LogP contribution in [0.4, 0.5) is 0 Å². The third kappa shape index (κ3) is 1.95. The van der Waals surface area contributed by atoms with Crippen LogP contribution < -0.4 is 10.1 Å². The van der Waals surface area contributed by atoms with Crippen LogP contribution in [0.5, 0.6) is 5.88 Å². The minimum absolute atomic E-state index is 0.276. The molecular formula is C12H14N4O2. The van der Waals surface area contributed by atoms with E-state index in [9.17, 15) is 0 Å². The zero-order valence-corrected chi connectivity index (χ0v) is 10.1. The molecular weight excluding hydrogens is 232 g/mol. The van der Waals surface area contributed by atoms with Crippen LogP contribution in [0, 0.1) is 0 Å². The summed E-state index contributed by atoms with van der Waals surface area (Å²) in [4.78, 5) is 8.40. The van der Waals surface area contributed by atoms with Crippen molar-refractivity contribution >= 4 is 0 Å². The van der Waals surface area contributed by atoms with Crippen molar-refractivity contribution in [3.63, 3.8) is 0 Å². The molecule has 0 unspecified atom stereocenters. The van der Waals surface area contributed by atoms with Gasteiger partial charge in [0, 0.05) is 18.5 Å². The van der Waals surface area contributed by atoms with Gasteiger partial charge in [-0.15, -0.1) is 0 Å². The average Bonchev–Trinajstić information content (AvgIpc) is 2.77. The standard InChI is InChI=1S/C12H14N4O2/c1-2-17-12-11(14-5-6-15-12)9-7-10(18-16-9)8-3-4-13-8/h5-8,13H,2-4H2,1H3/t8-/m0/s1. The maximum absolute atomic E-state index is 5.43. The molecule has 2 aromatic heterocycles. The zero-order chi connectivity index (χ0) is 12.4. The Balaban J connectivity index is 1.91. The number of rotatable bonds is 4. The van der Waals surface area contributed by atoms with Crippen molar-refractivity contribution in [3.8, 4) is 17.3 Å². The quantitative estimate of drug-likeness (QED) is 0.882. The second kappa shape index (κ2) is 4.73. The molecule has 94 valence electrons. The molecule has 6 heteroatoms. The molecule has 1 atom stereocenters. The Hall–Kier alpha value is -1.95. The summed E-state index contributed by atoms with van der Waals surface area (Å²) >= 11 is 0. The monoisotopic (exact) mass is 246 g/mol. The third-order valence-electron chi connectivity index (χ3n) is 2.88. The summed E-state index contributed by atoms with van der Waals surface area (Å²) in [7, 11) is 0. The van der Waals surface area contributed by atoms with E-state index in [1.54, 1.807) is 12.4 Å². The van der Waals surface area contributed by atoms with Gasteiger partial charge in [0.25, 0.3) is 0 Å². The number of aromatic nitrogens is 3. The van der Waals surface area contributed by atoms with E-state index in [-0.39, 0.29) is 6.04 Å². The van der Waals surface area contributed by atoms with E-state index in [1.165, 1.54) is 0 Å². The maximum Gasteiger partial charge on any atom is 0.242 e. The van der Waals surface area contributed by atoms with Crippen LogP contribution >= 0.6 is 0 Å². The van der Waals surface area contributed by atoms with Gasteiger partial charge >= 0.3 is 0 Å². The second-order valence-corrected chi connectivity index (χ2v) is 4.05. The zero-order valence-electron chi connectivity index (χ0n) is 10.1. The molecule has 1 fully saturated rings. The molecule has 0 spiro atoms. The number of hydrogen-bond acceptors (Lipinski definition) is 6. The Kier molecular flexibility index (Phi) is 2.93. The van der Waals surface area contributed by atoms with Crippen LogP contribution in [-0.4, -0.2) is 28.3 Å². The van der Waals surface area contributed by atoms with Gasteiger partial charge in [-0.1, -0.05) is 5.16 Å². The van der Waals surface area contributed by atoms with Crippen molar-refractivity contribution in [2.75, 3.05) is 13.2 Å². The number of hydrogen-bond donors (Lipinski definition) is 1. The van der Waals surface area contributed by atoms with E-state index in [4.69, 9.17) is 9.26 Å². The van der Waals surface area contributed by atoms with Crippen LogP contribution in [0.25, 0.3) is 11.4 Å². The van der Waals surface area contributed by atoms with Gasteiger partial charge in [-0.25, -0.2) is 9.97 Å². The van der Waals surface area contributed by atoms with E-state index in [0.29, 0.717) is 23.9 Å². The third-order valence-corrected chi connectivity index (χ3v) is 2.88. The van der Waals surface area contributed by atoms with E-state index in [2.05, 4.69) is 20.4 Å². The van der Waals surface area contributed by atoms with Crippen LogP contribution in [-0.2, 0) is 0 Å². The predicted octanol–water partition coefficient (Wildman–Crippen LogP) is 1.56. The molecule has 0 radical (unpaired) electrons. The van der Waals surface area contributed by atoms with Crippen LogP contribution in [0.15, 0.2) is 23.0 Å². The van der Waals surface area contributed by atoms with Crippen LogP contribution in [0.1, 0.15) is 25.1 Å². The normalized spacial score (nSPS) is 18.4. The summed E-state index contributed by atoms with van der Waals surface area (Å²) in [5.74, 6) is 1.32. The molecule has 1 aliphatic heterocycles. The first kappa shape index (κ1) is 11.2. The number of nitrogens with one attached hydrogen (secondary N) is 1. The Morgan fingerprint density at radius 3 is 3.00 bits per heavy atom. The topological polar surface area (TPSA) is 73.1 Å². The first-order chi connectivity index (χ1) is 8.88. The molecule has 6 nitrogen and oxygen atoms in total. The Morgan fingerprint density at radius 2 is 2.28 bits per heavy atom. The molecule has 18 heavy (non-hydrogen) atoms. The summed E-state index contributed by atoms with van der Waals surface area (Å²) in [6.45, 7) is 3.47. The second-order valence-electron chi connectivity index (χ2n) is 4.05. The first-order valence-electron chi connectivity index (χ1n) is 6.02. The van der Waals surface area contributed by atoms with E-state index >= 15 is 0 Å². The summed E-state index contributed by atoms with van der Waals surface area (Å²) in [6.07, 6.45) is 4.30. The highest BCUT2D eigenvalue weighted by atomic mass is 16.5. The largest absolute Gasteiger partial charge is 0.476 e. The fourth-order valence-corrected chi connectivity index (χ4v) is 1.84. The van der Waals surface area contributed by atoms with E-state index < -0.39 is 0 Å². The Bertz CT molecular complexity index is 536. The van der Waals surface area contributed by atoms with Crippen LogP contribution in [0.2, 0.25) is 0 Å². The molecule has 0 aliphatic carbocycles. The average molecular weight is 246 g/mol. The minimum Gasteiger partial charge on any atom is -0.476 e. The summed E-state index contributed by atoms with van der Waals surface area (Å²) < 4.78 is 10.8. The first-order valence-corrected chi connectivity index (χ1v) is 6.02. The molecule has 0 aromatic carbocycles. The Labute approximate surface area is 104 Å². The number of ether oxygens (including phenoxy) is 1. The van der Waals surface area contributed by atoms with E-state index in [0.717, 1.165) is 18.7 Å². The van der Waals surface area contributed by atoms with E-state index in [1.807, 2.05) is 13.0 Å². The molecule has 0 amide bonds. The van der Waals surface area contributed by atoms with Gasteiger partial charge in [0.2, 0.25) is 5.88 Å². The highest BCUT2D eigenvalue weighted by molar-refractivity contribution is 5.59. The van der Waals surface area contributed by atoms with Crippen molar-refractivity contribution in [2.45, 2.75) is 19.4 Å². The lowest BCUT2D eigenvalue weighted by molar-refractivity contribution is 0.282. The minimum atomic E-state index is 0.276. The van der Waals surface area contributed by atoms with Crippen molar-refractivity contribution in [1.29, 1.82) is 0 Å². The van der Waals surface area contributed by atoms with Gasteiger partial charge in [-0.05, 0) is 19.9 Å². The van der Waals surface area contributed by atoms with Gasteiger partial charge in [-0.3, -0.25) is 0 Å². The van der Waals surface area contributed by atoms with Crippen molar-refractivity contribution in [1.82, 2.24) is 20.4 Å². The maximum atomic E-state index is 5.43. The molecule has 1 N–H and O–H groups in total. The molecule has 2 aromatic rings. The summed E-state index contributed by atoms with van der Waals surface area (Å²) in [6, 6.07) is 2.17. The van der Waals surface area contributed by atoms with Crippen molar-refractivity contribution in [2.24, 2.45) is 0 Å². The van der Waals surface area contributed by atoms with Crippen molar-refractivity contribution in [3.05, 3.63) is 24.2 Å². The lowest BCUT2D eigenvalue weighted by atomic mass is 10.0. The predicted molar refractivity (Wildman–Crippen MR) is 64.1 cm³/mol. The Morgan fingerprint density at radius 1 is 1.44 bits per heavy atom. The highest BCUT2D eigenvalue weighted by Gasteiger charge is 2.24. The molecule has 0 saturated carbocycles. The molecule has 0 bridgehead atoms. The summed E-state index contributed by atoms with van der Waals surface area (Å²) in [5.41, 5.74) is 1.28. The van der Waals surface area contributed by atoms with Gasteiger partial charge in [0.15, 0.2) is 11.5 Å². The molecule has 1 aliphatic rings. The van der Waals surface area contributed by atoms with Gasteiger partial charge in [0.1, 0.15) is 5.69 Å². The molecule has 1 saturated heterocycles.